The van der Waals surface area contributed by atoms with Crippen LogP contribution in [0, 0.1) is 59.2 Å². The van der Waals surface area contributed by atoms with Crippen molar-refractivity contribution < 1.29 is 66.4 Å². The summed E-state index contributed by atoms with van der Waals surface area (Å²) in [6, 6.07) is 0. The van der Waals surface area contributed by atoms with Crippen LogP contribution >= 0.6 is 0 Å². The van der Waals surface area contributed by atoms with Gasteiger partial charge in [0.2, 0.25) is 0 Å². The van der Waals surface area contributed by atoms with Crippen molar-refractivity contribution in [1.29, 1.82) is 0 Å². The molecule has 2 aromatic rings. The molecule has 0 amide bonds. The van der Waals surface area contributed by atoms with Gasteiger partial charge < -0.3 is 0 Å². The first-order chi connectivity index (χ1) is 12.7. The Bertz CT molecular complexity index is 822. The van der Waals surface area contributed by atoms with Crippen LogP contribution < -0.4 is 4.74 Å². The van der Waals surface area contributed by atoms with Gasteiger partial charge in [0.25, 0.3) is 0 Å². The fourth-order valence-electron chi connectivity index (χ4n) is 1.91. The SMILES string of the molecule is O=C(Oc1c(F)c(F)c(F)c(F)c1F)c1cn(CC(CO)(CO)C[211At])nn1. The molecule has 13 heteroatoms. The number of carbonyl (C=O) groups is 1. The molecule has 0 unspecified atom stereocenters. The summed E-state index contributed by atoms with van der Waals surface area (Å²) in [5.41, 5.74) is -1.52. The van der Waals surface area contributed by atoms with E-state index in [4.69, 9.17) is 0 Å². The van der Waals surface area contributed by atoms with Crippen LogP contribution in [0.25, 0.3) is 0 Å². The molecule has 2 N–H and O–H groups in total. The second-order valence-corrected chi connectivity index (χ2v) is 6.58. The number of esters is 1. The van der Waals surface area contributed by atoms with Crippen molar-refractivity contribution in [2.75, 3.05) is 13.2 Å². The number of benzene rings is 1. The van der Waals surface area contributed by atoms with E-state index in [2.05, 4.69) is 15.0 Å². The number of carbonyl (C=O) groups excluding carboxylic acids is 1. The molecule has 7 nitrogen and oxygen atoms in total. The van der Waals surface area contributed by atoms with Crippen LogP contribution in [0.2, 0.25) is 4.13 Å². The predicted molar refractivity (Wildman–Crippen MR) is 72.6 cm³/mol. The summed E-state index contributed by atoms with van der Waals surface area (Å²) < 4.78 is 72.1. The fourth-order valence-corrected chi connectivity index (χ4v) is 2.89. The van der Waals surface area contributed by atoms with E-state index in [0.717, 1.165) is 10.9 Å². The van der Waals surface area contributed by atoms with Crippen LogP contribution in [0.4, 0.5) is 22.0 Å². The van der Waals surface area contributed by atoms with Crippen molar-refractivity contribution in [3.8, 4) is 5.75 Å². The molecule has 0 saturated heterocycles. The first kappa shape index (κ1) is 21.6. The summed E-state index contributed by atoms with van der Waals surface area (Å²) in [6.07, 6.45) is 0.982. The zero-order chi connectivity index (χ0) is 20.4. The third kappa shape index (κ3) is 4.25. The molecule has 0 aliphatic heterocycles. The Balaban J connectivity index is 2.25. The normalized spacial score (nSPS) is 11.7. The summed E-state index contributed by atoms with van der Waals surface area (Å²) >= 11 is 1.28. The zero-order valence-corrected chi connectivity index (χ0v) is 16.2. The van der Waals surface area contributed by atoms with Crippen LogP contribution in [0.1, 0.15) is 10.5 Å². The van der Waals surface area contributed by atoms with Gasteiger partial charge in [0.15, 0.2) is 0 Å². The van der Waals surface area contributed by atoms with Crippen molar-refractivity contribution in [2.24, 2.45) is 5.41 Å². The molecule has 0 aliphatic carbocycles. The Morgan fingerprint density at radius 2 is 1.59 bits per heavy atom. The Morgan fingerprint density at radius 3 is 2.07 bits per heavy atom. The number of halogens is 5. The van der Waals surface area contributed by atoms with Crippen molar-refractivity contribution in [3.05, 3.63) is 41.0 Å². The summed E-state index contributed by atoms with van der Waals surface area (Å²) in [5.74, 6) is -14.8. The van der Waals surface area contributed by atoms with E-state index in [0.29, 0.717) is 4.13 Å². The molecular formula is C14H11AtF5N3O4. The minimum atomic E-state index is -2.39. The van der Waals surface area contributed by atoms with E-state index >= 15 is 0 Å². The average molecular weight is 591 g/mol. The van der Waals surface area contributed by atoms with Gasteiger partial charge in [0, 0.05) is 0 Å². The molecule has 1 heterocycles. The number of aromatic nitrogens is 3. The van der Waals surface area contributed by atoms with E-state index in [1.807, 2.05) is 0 Å². The first-order valence-corrected chi connectivity index (χ1v) is 9.19. The van der Waals surface area contributed by atoms with Gasteiger partial charge in [-0.2, -0.15) is 0 Å². The van der Waals surface area contributed by atoms with Gasteiger partial charge in [-0.05, 0) is 0 Å². The Morgan fingerprint density at radius 1 is 1.07 bits per heavy atom. The van der Waals surface area contributed by atoms with E-state index in [9.17, 15) is 37.0 Å². The van der Waals surface area contributed by atoms with Crippen molar-refractivity contribution >= 4 is 5.97 Å². The predicted octanol–water partition coefficient (Wildman–Crippen LogP) is 1.13. The molecule has 0 fully saturated rings. The standard InChI is InChI=1S/C14H11AtF5N3O4/c15-2-14(4-24,5-25)3-23-1-6(21-22-23)13(26)27-12-10(19)8(17)7(16)9(18)11(12)20/h1,24-25H,2-5H2/i15+1. The number of aliphatic hydroxyl groups is 2. The quantitative estimate of drug-likeness (QED) is 0.165. The number of nitrogens with zero attached hydrogens (tertiary/aromatic N) is 3. The number of rotatable bonds is 7. The van der Waals surface area contributed by atoms with Gasteiger partial charge in [-0.1, -0.05) is 0 Å². The summed E-state index contributed by atoms with van der Waals surface area (Å²) in [4.78, 5) is 11.9. The van der Waals surface area contributed by atoms with E-state index in [1.165, 1.54) is 24.7 Å². The topological polar surface area (TPSA) is 97.5 Å². The maximum absolute atomic E-state index is 13.6. The van der Waals surface area contributed by atoms with Gasteiger partial charge in [-0.25, -0.2) is 4.39 Å². The van der Waals surface area contributed by atoms with Gasteiger partial charge in [-0.15, -0.1) is 0 Å². The number of aliphatic hydroxyl groups excluding tert-OH is 2. The van der Waals surface area contributed by atoms with Crippen LogP contribution in [0.15, 0.2) is 6.20 Å². The molecule has 2 rings (SSSR count). The molecule has 148 valence electrons. The monoisotopic (exact) mass is 591 g/mol. The maximum atomic E-state index is 13.6. The molecule has 1 aromatic carbocycles. The van der Waals surface area contributed by atoms with Crippen molar-refractivity contribution in [3.63, 3.8) is 0 Å². The van der Waals surface area contributed by atoms with Gasteiger partial charge in [0.05, 0.1) is 0 Å². The van der Waals surface area contributed by atoms with Gasteiger partial charge in [-0.3, -0.25) is 0 Å². The molecular weight excluding hydrogens is 580 g/mol. The molecule has 0 aliphatic rings. The number of ether oxygens (including phenoxy) is 1. The third-order valence-electron chi connectivity index (χ3n) is 3.56. The minimum absolute atomic E-state index is 0.0424. The van der Waals surface area contributed by atoms with Gasteiger partial charge >= 0.3 is 159 Å². The molecule has 0 atom stereocenters. The van der Waals surface area contributed by atoms with E-state index in [1.54, 1.807) is 0 Å². The second-order valence-electron chi connectivity index (χ2n) is 5.54. The molecule has 0 spiro atoms. The Hall–Kier alpha value is -1.72. The fraction of sp³-hybridized carbons (Fsp3) is 0.357. The Labute approximate surface area is 163 Å². The van der Waals surface area contributed by atoms with Crippen molar-refractivity contribution in [1.82, 2.24) is 15.0 Å². The molecule has 27 heavy (non-hydrogen) atoms. The number of hydrogen-bond acceptors (Lipinski definition) is 6. The van der Waals surface area contributed by atoms with Crippen LogP contribution in [0.3, 0.4) is 0 Å². The average Bonchev–Trinajstić information content (AvgIpc) is 3.14. The van der Waals surface area contributed by atoms with Gasteiger partial charge in [0.1, 0.15) is 0 Å². The molecule has 1 aromatic heterocycles. The molecule has 0 bridgehead atoms. The molecule has 0 radical (unpaired) electrons. The van der Waals surface area contributed by atoms with E-state index in [-0.39, 0.29) is 19.8 Å². The zero-order valence-electron chi connectivity index (χ0n) is 13.2. The van der Waals surface area contributed by atoms with Crippen LogP contribution in [0.5, 0.6) is 5.75 Å². The van der Waals surface area contributed by atoms with Crippen LogP contribution in [-0.4, -0.2) is 44.4 Å². The number of hydrogen-bond donors (Lipinski definition) is 2. The summed E-state index contributed by atoms with van der Waals surface area (Å²) in [6.45, 7) is -0.812. The third-order valence-corrected chi connectivity index (χ3v) is 5.77. The molecule has 0 saturated carbocycles. The Kier molecular flexibility index (Phi) is 6.82. The summed E-state index contributed by atoms with van der Waals surface area (Å²) in [5, 5.41) is 25.7. The van der Waals surface area contributed by atoms with Crippen molar-refractivity contribution in [2.45, 2.75) is 10.7 Å². The summed E-state index contributed by atoms with van der Waals surface area (Å²) in [7, 11) is 0. The second kappa shape index (κ2) is 8.53. The van der Waals surface area contributed by atoms with Crippen LogP contribution in [-0.2, 0) is 6.54 Å². The van der Waals surface area contributed by atoms with E-state index < -0.39 is 51.9 Å². The first-order valence-electron chi connectivity index (χ1n) is 7.11.